The van der Waals surface area contributed by atoms with E-state index in [-0.39, 0.29) is 10.6 Å². The first-order valence-electron chi connectivity index (χ1n) is 4.89. The summed E-state index contributed by atoms with van der Waals surface area (Å²) in [6.45, 7) is 4.01. The second-order valence-electron chi connectivity index (χ2n) is 4.78. The average Bonchev–Trinajstić information content (AvgIpc) is 2.00. The molecule has 0 saturated carbocycles. The Labute approximate surface area is 77.5 Å². The van der Waals surface area contributed by atoms with Gasteiger partial charge in [0.1, 0.15) is 6.67 Å². The van der Waals surface area contributed by atoms with Gasteiger partial charge in [0, 0.05) is 24.9 Å². The molecule has 0 aliphatic carbocycles. The Morgan fingerprint density at radius 1 is 1.31 bits per heavy atom. The lowest BCUT2D eigenvalue weighted by Crippen LogP contribution is -2.72. The van der Waals surface area contributed by atoms with Gasteiger partial charge in [-0.25, -0.2) is 0 Å². The Hall–Kier alpha value is -0.630. The summed E-state index contributed by atoms with van der Waals surface area (Å²) in [6, 6.07) is 2.39. The lowest BCUT2D eigenvalue weighted by atomic mass is 9.73. The van der Waals surface area contributed by atoms with Crippen LogP contribution in [-0.2, 0) is 0 Å². The van der Waals surface area contributed by atoms with Gasteiger partial charge in [-0.1, -0.05) is 0 Å². The van der Waals surface area contributed by atoms with Gasteiger partial charge in [0.05, 0.1) is 25.1 Å². The summed E-state index contributed by atoms with van der Waals surface area (Å²) < 4.78 is -0.0481. The zero-order valence-electron chi connectivity index (χ0n) is 7.52. The van der Waals surface area contributed by atoms with E-state index >= 15 is 0 Å². The molecule has 5 atom stereocenters. The summed E-state index contributed by atoms with van der Waals surface area (Å²) in [5, 5.41) is 21.0. The molecule has 4 aliphatic rings. The average molecular weight is 179 g/mol. The van der Waals surface area contributed by atoms with Crippen molar-refractivity contribution in [2.75, 3.05) is 32.8 Å². The van der Waals surface area contributed by atoms with Crippen molar-refractivity contribution >= 4 is 0 Å². The summed E-state index contributed by atoms with van der Waals surface area (Å²) in [5.41, 5.74) is 0. The molecule has 13 heavy (non-hydrogen) atoms. The van der Waals surface area contributed by atoms with Crippen LogP contribution >= 0.6 is 0 Å². The summed E-state index contributed by atoms with van der Waals surface area (Å²) in [4.78, 5) is 2.24. The topological polar surface area (TPSA) is 50.1 Å². The van der Waals surface area contributed by atoms with Crippen molar-refractivity contribution in [3.63, 3.8) is 0 Å². The Bertz CT molecular complexity index is 269. The molecule has 0 spiro atoms. The van der Waals surface area contributed by atoms with Gasteiger partial charge in [-0.15, -0.1) is 0 Å². The highest BCUT2D eigenvalue weighted by molar-refractivity contribution is 5.02. The standard InChI is InChI=1S/C9H13N3O/c10-1-9-7-2-11-3-8(9)5-12(13,4-7)6-11/h7-9H,2-6H2/t7-,8+,9?,12?. The van der Waals surface area contributed by atoms with Crippen molar-refractivity contribution in [3.05, 3.63) is 5.21 Å². The minimum absolute atomic E-state index is 0.0481. The zero-order valence-corrected chi connectivity index (χ0v) is 7.52. The van der Waals surface area contributed by atoms with Crippen molar-refractivity contribution in [2.45, 2.75) is 0 Å². The van der Waals surface area contributed by atoms with Gasteiger partial charge in [0.25, 0.3) is 0 Å². The number of nitriles is 1. The van der Waals surface area contributed by atoms with E-state index in [0.29, 0.717) is 31.6 Å². The highest BCUT2D eigenvalue weighted by atomic mass is 16.5. The van der Waals surface area contributed by atoms with Crippen molar-refractivity contribution in [1.82, 2.24) is 4.90 Å². The molecule has 0 aromatic heterocycles. The van der Waals surface area contributed by atoms with E-state index in [9.17, 15) is 5.21 Å². The third-order valence-corrected chi connectivity index (χ3v) is 3.74. The molecule has 0 amide bonds. The van der Waals surface area contributed by atoms with E-state index in [1.807, 2.05) is 0 Å². The number of hydroxylamine groups is 3. The number of quaternary nitrogens is 1. The molecule has 4 rings (SSSR count). The molecule has 4 heteroatoms. The summed E-state index contributed by atoms with van der Waals surface area (Å²) in [7, 11) is 0. The maximum Gasteiger partial charge on any atom is 0.134 e. The van der Waals surface area contributed by atoms with Gasteiger partial charge in [-0.2, -0.15) is 5.26 Å². The molecule has 0 aromatic carbocycles. The SMILES string of the molecule is N#CC1[C@@H]2CN3C[C@H]1C[N+]([O-])(C2)C3. The molecule has 4 fully saturated rings. The Morgan fingerprint density at radius 2 is 1.92 bits per heavy atom. The molecule has 70 valence electrons. The second kappa shape index (κ2) is 2.24. The molecule has 4 nitrogen and oxygen atoms in total. The predicted molar refractivity (Wildman–Crippen MR) is 45.9 cm³/mol. The predicted octanol–water partition coefficient (Wildman–Crippen LogP) is -0.0265. The first kappa shape index (κ1) is 7.74. The van der Waals surface area contributed by atoms with Crippen molar-refractivity contribution in [3.8, 4) is 6.07 Å². The van der Waals surface area contributed by atoms with Crippen molar-refractivity contribution < 1.29 is 4.65 Å². The highest BCUT2D eigenvalue weighted by Crippen LogP contribution is 2.41. The fraction of sp³-hybridized carbons (Fsp3) is 0.889. The maximum absolute atomic E-state index is 12.0. The van der Waals surface area contributed by atoms with Crippen LogP contribution in [0.3, 0.4) is 0 Å². The Kier molecular flexibility index (Phi) is 1.33. The summed E-state index contributed by atoms with van der Waals surface area (Å²) in [5.74, 6) is 0.865. The molecule has 4 aliphatic heterocycles. The van der Waals surface area contributed by atoms with Crippen LogP contribution in [0.15, 0.2) is 0 Å². The van der Waals surface area contributed by atoms with Crippen LogP contribution in [0.1, 0.15) is 0 Å². The van der Waals surface area contributed by atoms with Gasteiger partial charge in [-0.3, -0.25) is 4.90 Å². The summed E-state index contributed by atoms with van der Waals surface area (Å²) in [6.07, 6.45) is 0. The number of hydrogen-bond acceptors (Lipinski definition) is 3. The van der Waals surface area contributed by atoms with Gasteiger partial charge < -0.3 is 9.85 Å². The van der Waals surface area contributed by atoms with Crippen LogP contribution in [0, 0.1) is 34.3 Å². The fourth-order valence-electron chi connectivity index (χ4n) is 3.43. The largest absolute Gasteiger partial charge is 0.632 e. The molecular formula is C9H13N3O. The van der Waals surface area contributed by atoms with E-state index in [1.54, 1.807) is 0 Å². The smallest absolute Gasteiger partial charge is 0.134 e. The lowest BCUT2D eigenvalue weighted by Gasteiger charge is -2.62. The Balaban J connectivity index is 1.95. The molecular weight excluding hydrogens is 166 g/mol. The molecule has 0 radical (unpaired) electrons. The van der Waals surface area contributed by atoms with Crippen LogP contribution < -0.4 is 0 Å². The first-order valence-corrected chi connectivity index (χ1v) is 4.89. The Morgan fingerprint density at radius 3 is 2.38 bits per heavy atom. The van der Waals surface area contributed by atoms with Gasteiger partial charge in [0.2, 0.25) is 0 Å². The van der Waals surface area contributed by atoms with Crippen molar-refractivity contribution in [2.24, 2.45) is 17.8 Å². The molecule has 4 saturated heterocycles. The fourth-order valence-corrected chi connectivity index (χ4v) is 3.43. The van der Waals surface area contributed by atoms with Crippen LogP contribution in [0.5, 0.6) is 0 Å². The third kappa shape index (κ3) is 0.953. The van der Waals surface area contributed by atoms with E-state index in [4.69, 9.17) is 5.26 Å². The van der Waals surface area contributed by atoms with Gasteiger partial charge in [0.15, 0.2) is 0 Å². The summed E-state index contributed by atoms with van der Waals surface area (Å²) >= 11 is 0. The quantitative estimate of drug-likeness (QED) is 0.387. The lowest BCUT2D eigenvalue weighted by molar-refractivity contribution is -0.919. The highest BCUT2D eigenvalue weighted by Gasteiger charge is 2.52. The van der Waals surface area contributed by atoms with Crippen LogP contribution in [0.2, 0.25) is 0 Å². The minimum Gasteiger partial charge on any atom is -0.632 e. The minimum atomic E-state index is -0.0481. The molecule has 0 aromatic rings. The number of piperidine rings is 2. The van der Waals surface area contributed by atoms with Crippen LogP contribution in [0.4, 0.5) is 0 Å². The molecule has 4 bridgehead atoms. The third-order valence-electron chi connectivity index (χ3n) is 3.74. The van der Waals surface area contributed by atoms with E-state index in [2.05, 4.69) is 11.0 Å². The zero-order chi connectivity index (χ0) is 9.05. The van der Waals surface area contributed by atoms with E-state index < -0.39 is 0 Å². The molecule has 3 unspecified atom stereocenters. The van der Waals surface area contributed by atoms with Gasteiger partial charge >= 0.3 is 0 Å². The monoisotopic (exact) mass is 179 g/mol. The van der Waals surface area contributed by atoms with E-state index in [1.165, 1.54) is 0 Å². The normalized spacial score (nSPS) is 57.8. The first-order chi connectivity index (χ1) is 6.20. The second-order valence-corrected chi connectivity index (χ2v) is 4.78. The maximum atomic E-state index is 12.0. The number of rotatable bonds is 0. The van der Waals surface area contributed by atoms with Crippen LogP contribution in [0.25, 0.3) is 0 Å². The van der Waals surface area contributed by atoms with E-state index in [0.717, 1.165) is 13.1 Å². The molecule has 0 N–H and O–H groups in total. The number of hydrogen-bond donors (Lipinski definition) is 0. The van der Waals surface area contributed by atoms with Crippen LogP contribution in [-0.4, -0.2) is 42.4 Å². The molecule has 4 heterocycles. The van der Waals surface area contributed by atoms with Crippen molar-refractivity contribution in [1.29, 1.82) is 5.26 Å². The number of nitrogens with zero attached hydrogens (tertiary/aromatic N) is 3. The van der Waals surface area contributed by atoms with Gasteiger partial charge in [-0.05, 0) is 0 Å².